The first-order valence-electron chi connectivity index (χ1n) is 9.71. The molecule has 2 aromatic rings. The average Bonchev–Trinajstić information content (AvgIpc) is 2.79. The van der Waals surface area contributed by atoms with Gasteiger partial charge >= 0.3 is 0 Å². The molecule has 2 amide bonds. The van der Waals surface area contributed by atoms with E-state index in [9.17, 15) is 14.0 Å². The lowest BCUT2D eigenvalue weighted by Crippen LogP contribution is -2.48. The maximum Gasteiger partial charge on any atom is 0.274 e. The van der Waals surface area contributed by atoms with Crippen LogP contribution in [0.5, 0.6) is 0 Å². The fourth-order valence-corrected chi connectivity index (χ4v) is 3.67. The van der Waals surface area contributed by atoms with Gasteiger partial charge in [-0.25, -0.2) is 14.4 Å². The number of piperazine rings is 2. The van der Waals surface area contributed by atoms with E-state index in [0.717, 1.165) is 6.41 Å². The summed E-state index contributed by atoms with van der Waals surface area (Å²) < 4.78 is 14.0. The van der Waals surface area contributed by atoms with Crippen molar-refractivity contribution in [1.29, 1.82) is 0 Å². The Labute approximate surface area is 168 Å². The second-order valence-corrected chi connectivity index (χ2v) is 7.12. The van der Waals surface area contributed by atoms with E-state index in [1.807, 2.05) is 11.0 Å². The lowest BCUT2D eigenvalue weighted by atomic mass is 10.2. The number of benzene rings is 1. The van der Waals surface area contributed by atoms with E-state index < -0.39 is 0 Å². The van der Waals surface area contributed by atoms with Gasteiger partial charge in [-0.15, -0.1) is 0 Å². The number of rotatable bonds is 4. The van der Waals surface area contributed by atoms with Crippen molar-refractivity contribution in [3.63, 3.8) is 0 Å². The van der Waals surface area contributed by atoms with Crippen LogP contribution in [0.4, 0.5) is 15.9 Å². The zero-order chi connectivity index (χ0) is 20.2. The number of hydrogen-bond donors (Lipinski definition) is 0. The van der Waals surface area contributed by atoms with Crippen molar-refractivity contribution in [3.05, 3.63) is 48.2 Å². The van der Waals surface area contributed by atoms with E-state index in [0.29, 0.717) is 69.6 Å². The second-order valence-electron chi connectivity index (χ2n) is 7.12. The largest absolute Gasteiger partial charge is 0.366 e. The van der Waals surface area contributed by atoms with Gasteiger partial charge < -0.3 is 19.6 Å². The van der Waals surface area contributed by atoms with Crippen LogP contribution in [0.25, 0.3) is 0 Å². The summed E-state index contributed by atoms with van der Waals surface area (Å²) in [5.41, 5.74) is 0.923. The fraction of sp³-hybridized carbons (Fsp3) is 0.400. The van der Waals surface area contributed by atoms with Crippen LogP contribution in [0.3, 0.4) is 0 Å². The van der Waals surface area contributed by atoms with E-state index in [4.69, 9.17) is 0 Å². The molecular weight excluding hydrogens is 375 g/mol. The highest BCUT2D eigenvalue weighted by Crippen LogP contribution is 2.21. The summed E-state index contributed by atoms with van der Waals surface area (Å²) in [5, 5.41) is 0. The van der Waals surface area contributed by atoms with Crippen molar-refractivity contribution in [2.45, 2.75) is 0 Å². The maximum atomic E-state index is 14.0. The van der Waals surface area contributed by atoms with Crippen molar-refractivity contribution in [3.8, 4) is 0 Å². The Hall–Kier alpha value is -3.23. The van der Waals surface area contributed by atoms with Crippen molar-refractivity contribution in [2.75, 3.05) is 62.2 Å². The van der Waals surface area contributed by atoms with Crippen molar-refractivity contribution < 1.29 is 14.0 Å². The smallest absolute Gasteiger partial charge is 0.274 e. The molecule has 8 nitrogen and oxygen atoms in total. The van der Waals surface area contributed by atoms with Crippen LogP contribution >= 0.6 is 0 Å². The van der Waals surface area contributed by atoms with Gasteiger partial charge in [-0.1, -0.05) is 12.1 Å². The summed E-state index contributed by atoms with van der Waals surface area (Å²) in [6, 6.07) is 6.79. The number of hydrogen-bond acceptors (Lipinski definition) is 6. The van der Waals surface area contributed by atoms with Crippen molar-refractivity contribution in [1.82, 2.24) is 19.8 Å². The lowest BCUT2D eigenvalue weighted by molar-refractivity contribution is -0.119. The molecule has 0 saturated carbocycles. The summed E-state index contributed by atoms with van der Waals surface area (Å²) in [7, 11) is 0. The number of amides is 2. The van der Waals surface area contributed by atoms with Crippen LogP contribution in [0.15, 0.2) is 36.7 Å². The molecule has 2 saturated heterocycles. The van der Waals surface area contributed by atoms with Gasteiger partial charge in [0.05, 0.1) is 18.1 Å². The summed E-state index contributed by atoms with van der Waals surface area (Å²) >= 11 is 0. The first kappa shape index (κ1) is 19.1. The molecule has 0 N–H and O–H groups in total. The monoisotopic (exact) mass is 398 g/mol. The Bertz CT molecular complexity index is 862. The van der Waals surface area contributed by atoms with Gasteiger partial charge in [0, 0.05) is 52.4 Å². The Morgan fingerprint density at radius 2 is 1.59 bits per heavy atom. The molecule has 3 heterocycles. The van der Waals surface area contributed by atoms with E-state index in [1.54, 1.807) is 28.1 Å². The lowest BCUT2D eigenvalue weighted by Gasteiger charge is -2.36. The van der Waals surface area contributed by atoms with E-state index in [2.05, 4.69) is 14.9 Å². The Morgan fingerprint density at radius 3 is 2.21 bits per heavy atom. The van der Waals surface area contributed by atoms with Gasteiger partial charge in [0.25, 0.3) is 5.91 Å². The Balaban J connectivity index is 1.35. The minimum atomic E-state index is -0.211. The molecule has 0 radical (unpaired) electrons. The third-order valence-corrected chi connectivity index (χ3v) is 5.40. The number of para-hydroxylation sites is 1. The molecule has 0 bridgehead atoms. The molecule has 2 fully saturated rings. The second kappa shape index (κ2) is 8.42. The molecule has 9 heteroatoms. The van der Waals surface area contributed by atoms with Gasteiger partial charge in [-0.3, -0.25) is 9.59 Å². The van der Waals surface area contributed by atoms with Crippen LogP contribution in [-0.2, 0) is 4.79 Å². The molecular formula is C20H23FN6O2. The van der Waals surface area contributed by atoms with E-state index in [-0.39, 0.29) is 11.7 Å². The third kappa shape index (κ3) is 4.13. The molecule has 0 unspecified atom stereocenters. The number of carbonyl (C=O) groups is 2. The van der Waals surface area contributed by atoms with Crippen molar-refractivity contribution >= 4 is 23.8 Å². The SMILES string of the molecule is O=CN1CCN(C(=O)c2cnc(N3CCN(c4ccccc4F)CC3)cn2)CC1. The standard InChI is InChI=1S/C20H23FN6O2/c21-16-3-1-2-4-18(16)25-9-11-26(12-10-25)19-14-22-17(13-23-19)20(29)27-7-5-24(15-28)6-8-27/h1-4,13-15H,5-12H2. The highest BCUT2D eigenvalue weighted by molar-refractivity contribution is 5.92. The first-order chi connectivity index (χ1) is 14.2. The van der Waals surface area contributed by atoms with Crippen LogP contribution in [0, 0.1) is 5.82 Å². The quantitative estimate of drug-likeness (QED) is 0.712. The number of anilines is 2. The minimum absolute atomic E-state index is 0.168. The molecule has 29 heavy (non-hydrogen) atoms. The zero-order valence-corrected chi connectivity index (χ0v) is 16.1. The maximum absolute atomic E-state index is 14.0. The molecule has 4 rings (SSSR count). The number of nitrogens with zero attached hydrogens (tertiary/aromatic N) is 6. The molecule has 0 spiro atoms. The predicted octanol–water partition coefficient (Wildman–Crippen LogP) is 0.856. The van der Waals surface area contributed by atoms with Crippen LogP contribution < -0.4 is 9.80 Å². The highest BCUT2D eigenvalue weighted by Gasteiger charge is 2.24. The molecule has 1 aromatic heterocycles. The third-order valence-electron chi connectivity index (χ3n) is 5.40. The molecule has 0 atom stereocenters. The molecule has 1 aromatic carbocycles. The predicted molar refractivity (Wildman–Crippen MR) is 106 cm³/mol. The van der Waals surface area contributed by atoms with Gasteiger partial charge in [0.1, 0.15) is 17.3 Å². The summed E-state index contributed by atoms with van der Waals surface area (Å²) in [4.78, 5) is 39.5. The minimum Gasteiger partial charge on any atom is -0.366 e. The topological polar surface area (TPSA) is 72.9 Å². The molecule has 2 aliphatic heterocycles. The van der Waals surface area contributed by atoms with Crippen LogP contribution in [0.2, 0.25) is 0 Å². The van der Waals surface area contributed by atoms with Crippen LogP contribution in [-0.4, -0.2) is 84.4 Å². The van der Waals surface area contributed by atoms with Gasteiger partial charge in [0.2, 0.25) is 6.41 Å². The first-order valence-corrected chi connectivity index (χ1v) is 9.71. The average molecular weight is 398 g/mol. The fourth-order valence-electron chi connectivity index (χ4n) is 3.67. The Kier molecular flexibility index (Phi) is 5.55. The van der Waals surface area contributed by atoms with E-state index in [1.165, 1.54) is 12.3 Å². The van der Waals surface area contributed by atoms with Crippen molar-refractivity contribution in [2.24, 2.45) is 0 Å². The normalized spacial score (nSPS) is 17.4. The van der Waals surface area contributed by atoms with Crippen LogP contribution in [0.1, 0.15) is 10.5 Å². The molecule has 152 valence electrons. The number of carbonyl (C=O) groups excluding carboxylic acids is 2. The van der Waals surface area contributed by atoms with E-state index >= 15 is 0 Å². The zero-order valence-electron chi connectivity index (χ0n) is 16.1. The number of aromatic nitrogens is 2. The summed E-state index contributed by atoms with van der Waals surface area (Å²) in [6.45, 7) is 4.83. The highest BCUT2D eigenvalue weighted by atomic mass is 19.1. The summed E-state index contributed by atoms with van der Waals surface area (Å²) in [5.74, 6) is 0.331. The van der Waals surface area contributed by atoms with Gasteiger partial charge in [-0.2, -0.15) is 0 Å². The van der Waals surface area contributed by atoms with Gasteiger partial charge in [-0.05, 0) is 12.1 Å². The molecule has 0 aliphatic carbocycles. The number of halogens is 1. The molecule has 2 aliphatic rings. The summed E-state index contributed by atoms with van der Waals surface area (Å²) in [6.07, 6.45) is 3.93. The van der Waals surface area contributed by atoms with Gasteiger partial charge in [0.15, 0.2) is 0 Å². The Morgan fingerprint density at radius 1 is 0.897 bits per heavy atom.